The number of carbonyl (C=O) groups is 2. The SMILES string of the molecule is CCC(C)NC(=O)CCN(c1ccc(C(C)=O)cc1)S(C)(=O)=O. The average Bonchev–Trinajstić information content (AvgIpc) is 2.46. The molecule has 1 aromatic carbocycles. The van der Waals surface area contributed by atoms with E-state index in [9.17, 15) is 18.0 Å². The molecule has 1 rings (SSSR count). The van der Waals surface area contributed by atoms with Crippen LogP contribution >= 0.6 is 0 Å². The summed E-state index contributed by atoms with van der Waals surface area (Å²) >= 11 is 0. The molecule has 0 aliphatic heterocycles. The molecule has 0 saturated heterocycles. The Hall–Kier alpha value is -1.89. The molecule has 0 aliphatic rings. The smallest absolute Gasteiger partial charge is 0.232 e. The molecular formula is C16H24N2O4S. The molecule has 0 aromatic heterocycles. The fraction of sp³-hybridized carbons (Fsp3) is 0.500. The van der Waals surface area contributed by atoms with Gasteiger partial charge in [0.25, 0.3) is 0 Å². The highest BCUT2D eigenvalue weighted by molar-refractivity contribution is 7.92. The number of nitrogens with zero attached hydrogens (tertiary/aromatic N) is 1. The first-order chi connectivity index (χ1) is 10.6. The summed E-state index contributed by atoms with van der Waals surface area (Å²) in [6.45, 7) is 5.36. The number of amides is 1. The Morgan fingerprint density at radius 2 is 1.78 bits per heavy atom. The van der Waals surface area contributed by atoms with Gasteiger partial charge in [0.05, 0.1) is 11.9 Å². The molecule has 0 aliphatic carbocycles. The first-order valence-corrected chi connectivity index (χ1v) is 9.38. The summed E-state index contributed by atoms with van der Waals surface area (Å²) in [5.41, 5.74) is 0.950. The van der Waals surface area contributed by atoms with Gasteiger partial charge in [-0.1, -0.05) is 6.92 Å². The molecule has 1 amide bonds. The van der Waals surface area contributed by atoms with Gasteiger partial charge in [-0.25, -0.2) is 8.42 Å². The number of benzene rings is 1. The van der Waals surface area contributed by atoms with Crippen molar-refractivity contribution in [3.05, 3.63) is 29.8 Å². The predicted octanol–water partition coefficient (Wildman–Crippen LogP) is 1.96. The van der Waals surface area contributed by atoms with E-state index in [-0.39, 0.29) is 30.7 Å². The predicted molar refractivity (Wildman–Crippen MR) is 91.1 cm³/mol. The highest BCUT2D eigenvalue weighted by Gasteiger charge is 2.19. The van der Waals surface area contributed by atoms with Crippen LogP contribution in [0.4, 0.5) is 5.69 Å². The van der Waals surface area contributed by atoms with Crippen LogP contribution in [-0.4, -0.2) is 39.0 Å². The van der Waals surface area contributed by atoms with Gasteiger partial charge in [0.2, 0.25) is 15.9 Å². The second-order valence-electron chi connectivity index (χ2n) is 5.56. The number of Topliss-reactive ketones (excluding diaryl/α,β-unsaturated/α-hetero) is 1. The van der Waals surface area contributed by atoms with Gasteiger partial charge in [0.15, 0.2) is 5.78 Å². The number of sulfonamides is 1. The van der Waals surface area contributed by atoms with E-state index in [0.29, 0.717) is 11.3 Å². The monoisotopic (exact) mass is 340 g/mol. The number of carbonyl (C=O) groups excluding carboxylic acids is 2. The van der Waals surface area contributed by atoms with Crippen LogP contribution in [0.15, 0.2) is 24.3 Å². The first-order valence-electron chi connectivity index (χ1n) is 7.53. The highest BCUT2D eigenvalue weighted by atomic mass is 32.2. The quantitative estimate of drug-likeness (QED) is 0.733. The van der Waals surface area contributed by atoms with Crippen molar-refractivity contribution in [1.82, 2.24) is 5.32 Å². The summed E-state index contributed by atoms with van der Waals surface area (Å²) in [7, 11) is -3.51. The number of hydrogen-bond acceptors (Lipinski definition) is 4. The van der Waals surface area contributed by atoms with Crippen LogP contribution in [0.1, 0.15) is 44.0 Å². The molecule has 1 atom stereocenters. The molecule has 7 heteroatoms. The zero-order chi connectivity index (χ0) is 17.6. The normalized spacial score (nSPS) is 12.5. The van der Waals surface area contributed by atoms with Gasteiger partial charge < -0.3 is 5.32 Å². The summed E-state index contributed by atoms with van der Waals surface area (Å²) in [5, 5.41) is 2.81. The molecule has 23 heavy (non-hydrogen) atoms. The third kappa shape index (κ3) is 6.02. The van der Waals surface area contributed by atoms with Crippen LogP contribution < -0.4 is 9.62 Å². The van der Waals surface area contributed by atoms with Crippen molar-refractivity contribution < 1.29 is 18.0 Å². The van der Waals surface area contributed by atoms with Crippen LogP contribution in [0.25, 0.3) is 0 Å². The van der Waals surface area contributed by atoms with Gasteiger partial charge >= 0.3 is 0 Å². The third-order valence-electron chi connectivity index (χ3n) is 3.52. The molecule has 0 radical (unpaired) electrons. The fourth-order valence-corrected chi connectivity index (χ4v) is 2.93. The molecule has 0 saturated carbocycles. The summed E-state index contributed by atoms with van der Waals surface area (Å²) < 4.78 is 25.1. The average molecular weight is 340 g/mol. The van der Waals surface area contributed by atoms with Crippen LogP contribution in [0, 0.1) is 0 Å². The number of ketones is 1. The summed E-state index contributed by atoms with van der Waals surface area (Å²) in [4.78, 5) is 23.1. The van der Waals surface area contributed by atoms with Crippen LogP contribution in [0.3, 0.4) is 0 Å². The van der Waals surface area contributed by atoms with E-state index >= 15 is 0 Å². The second kappa shape index (κ2) is 8.10. The minimum atomic E-state index is -3.51. The summed E-state index contributed by atoms with van der Waals surface area (Å²) in [6.07, 6.45) is 1.98. The number of nitrogens with one attached hydrogen (secondary N) is 1. The topological polar surface area (TPSA) is 83.6 Å². The van der Waals surface area contributed by atoms with E-state index in [1.807, 2.05) is 13.8 Å². The van der Waals surface area contributed by atoms with Gasteiger partial charge in [0.1, 0.15) is 0 Å². The second-order valence-corrected chi connectivity index (χ2v) is 7.47. The van der Waals surface area contributed by atoms with E-state index in [1.165, 1.54) is 11.2 Å². The number of rotatable bonds is 8. The number of hydrogen-bond donors (Lipinski definition) is 1. The lowest BCUT2D eigenvalue weighted by atomic mass is 10.1. The van der Waals surface area contributed by atoms with E-state index in [2.05, 4.69) is 5.32 Å². The van der Waals surface area contributed by atoms with Crippen LogP contribution in [0.2, 0.25) is 0 Å². The van der Waals surface area contributed by atoms with Gasteiger partial charge in [-0.3, -0.25) is 13.9 Å². The van der Waals surface area contributed by atoms with Gasteiger partial charge in [-0.2, -0.15) is 0 Å². The maximum atomic E-state index is 12.0. The Morgan fingerprint density at radius 3 is 2.22 bits per heavy atom. The van der Waals surface area contributed by atoms with Gasteiger partial charge in [0, 0.05) is 24.6 Å². The van der Waals surface area contributed by atoms with Crippen molar-refractivity contribution in [3.8, 4) is 0 Å². The Bertz CT molecular complexity index is 653. The highest BCUT2D eigenvalue weighted by Crippen LogP contribution is 2.19. The van der Waals surface area contributed by atoms with Crippen molar-refractivity contribution in [2.45, 2.75) is 39.7 Å². The molecule has 0 bridgehead atoms. The molecule has 1 N–H and O–H groups in total. The molecular weight excluding hydrogens is 316 g/mol. The minimum Gasteiger partial charge on any atom is -0.354 e. The lowest BCUT2D eigenvalue weighted by Crippen LogP contribution is -2.37. The molecule has 6 nitrogen and oxygen atoms in total. The zero-order valence-electron chi connectivity index (χ0n) is 14.0. The van der Waals surface area contributed by atoms with Crippen molar-refractivity contribution >= 4 is 27.4 Å². The number of anilines is 1. The van der Waals surface area contributed by atoms with Gasteiger partial charge in [-0.15, -0.1) is 0 Å². The van der Waals surface area contributed by atoms with E-state index in [1.54, 1.807) is 24.3 Å². The van der Waals surface area contributed by atoms with Crippen molar-refractivity contribution in [3.63, 3.8) is 0 Å². The first kappa shape index (κ1) is 19.2. The van der Waals surface area contributed by atoms with Crippen LogP contribution in [0.5, 0.6) is 0 Å². The standard InChI is InChI=1S/C16H24N2O4S/c1-5-12(2)17-16(20)10-11-18(23(4,21)22)15-8-6-14(7-9-15)13(3)19/h6-9,12H,5,10-11H2,1-4H3,(H,17,20). The van der Waals surface area contributed by atoms with Crippen molar-refractivity contribution in [2.75, 3.05) is 17.1 Å². The van der Waals surface area contributed by atoms with E-state index < -0.39 is 10.0 Å². The molecule has 1 aromatic rings. The molecule has 128 valence electrons. The largest absolute Gasteiger partial charge is 0.354 e. The molecule has 0 heterocycles. The molecule has 1 unspecified atom stereocenters. The minimum absolute atomic E-state index is 0.0561. The van der Waals surface area contributed by atoms with E-state index in [0.717, 1.165) is 12.7 Å². The maximum absolute atomic E-state index is 12.0. The van der Waals surface area contributed by atoms with Crippen molar-refractivity contribution in [2.24, 2.45) is 0 Å². The Kier molecular flexibility index (Phi) is 6.75. The lowest BCUT2D eigenvalue weighted by Gasteiger charge is -2.22. The van der Waals surface area contributed by atoms with Crippen LogP contribution in [-0.2, 0) is 14.8 Å². The molecule has 0 fully saturated rings. The zero-order valence-corrected chi connectivity index (χ0v) is 14.8. The van der Waals surface area contributed by atoms with Crippen molar-refractivity contribution in [1.29, 1.82) is 0 Å². The fourth-order valence-electron chi connectivity index (χ4n) is 2.00. The summed E-state index contributed by atoms with van der Waals surface area (Å²) in [6, 6.07) is 6.36. The van der Waals surface area contributed by atoms with Gasteiger partial charge in [-0.05, 0) is 44.5 Å². The Labute approximate surface area is 137 Å². The third-order valence-corrected chi connectivity index (χ3v) is 4.72. The Balaban J connectivity index is 2.86. The maximum Gasteiger partial charge on any atom is 0.232 e. The summed E-state index contributed by atoms with van der Waals surface area (Å²) in [5.74, 6) is -0.274. The van der Waals surface area contributed by atoms with E-state index in [4.69, 9.17) is 0 Å². The molecule has 0 spiro atoms. The lowest BCUT2D eigenvalue weighted by molar-refractivity contribution is -0.121. The Morgan fingerprint density at radius 1 is 1.22 bits per heavy atom.